The molecule has 0 amide bonds. The molecule has 116 valence electrons. The summed E-state index contributed by atoms with van der Waals surface area (Å²) in [6.07, 6.45) is 2.71. The van der Waals surface area contributed by atoms with Crippen molar-refractivity contribution in [3.63, 3.8) is 0 Å². The number of benzene rings is 1. The van der Waals surface area contributed by atoms with E-state index < -0.39 is 0 Å². The van der Waals surface area contributed by atoms with Gasteiger partial charge in [0.15, 0.2) is 11.5 Å². The molecule has 1 saturated carbocycles. The summed E-state index contributed by atoms with van der Waals surface area (Å²) in [5.41, 5.74) is 1.16. The molecule has 1 heterocycles. The Labute approximate surface area is 126 Å². The second-order valence-corrected chi connectivity index (χ2v) is 5.71. The molecule has 2 aliphatic rings. The molecule has 0 saturated heterocycles. The first-order valence-corrected chi connectivity index (χ1v) is 7.65. The van der Waals surface area contributed by atoms with Crippen molar-refractivity contribution in [3.8, 4) is 17.2 Å². The Kier molecular flexibility index (Phi) is 4.51. The maximum absolute atomic E-state index is 5.65. The van der Waals surface area contributed by atoms with Gasteiger partial charge < -0.3 is 24.4 Å². The molecule has 1 aromatic rings. The van der Waals surface area contributed by atoms with Gasteiger partial charge in [0.25, 0.3) is 0 Å². The van der Waals surface area contributed by atoms with E-state index in [1.807, 2.05) is 12.1 Å². The van der Waals surface area contributed by atoms with E-state index in [0.29, 0.717) is 13.2 Å². The van der Waals surface area contributed by atoms with Crippen molar-refractivity contribution in [1.29, 1.82) is 0 Å². The van der Waals surface area contributed by atoms with Gasteiger partial charge in [0.2, 0.25) is 5.75 Å². The van der Waals surface area contributed by atoms with Crippen LogP contribution in [0.2, 0.25) is 0 Å². The second-order valence-electron chi connectivity index (χ2n) is 5.71. The third-order valence-corrected chi connectivity index (χ3v) is 4.03. The van der Waals surface area contributed by atoms with Gasteiger partial charge in [-0.15, -0.1) is 0 Å². The van der Waals surface area contributed by atoms with Crippen LogP contribution in [0.3, 0.4) is 0 Å². The first-order valence-electron chi connectivity index (χ1n) is 7.65. The van der Waals surface area contributed by atoms with Gasteiger partial charge in [-0.3, -0.25) is 0 Å². The van der Waals surface area contributed by atoms with Gasteiger partial charge in [0.1, 0.15) is 13.2 Å². The van der Waals surface area contributed by atoms with E-state index in [2.05, 4.69) is 17.3 Å². The maximum atomic E-state index is 5.65. The Hall–Kier alpha value is -1.46. The summed E-state index contributed by atoms with van der Waals surface area (Å²) < 4.78 is 16.7. The fourth-order valence-corrected chi connectivity index (χ4v) is 2.62. The van der Waals surface area contributed by atoms with E-state index in [4.69, 9.17) is 14.2 Å². The van der Waals surface area contributed by atoms with Crippen molar-refractivity contribution in [2.45, 2.75) is 25.4 Å². The van der Waals surface area contributed by atoms with Gasteiger partial charge in [0, 0.05) is 25.7 Å². The third-order valence-electron chi connectivity index (χ3n) is 4.03. The summed E-state index contributed by atoms with van der Waals surface area (Å²) in [4.78, 5) is 2.43. The number of hydrogen-bond acceptors (Lipinski definition) is 5. The average Bonchev–Trinajstić information content (AvgIpc) is 3.35. The highest BCUT2D eigenvalue weighted by Crippen LogP contribution is 2.40. The fourth-order valence-electron chi connectivity index (χ4n) is 2.62. The van der Waals surface area contributed by atoms with Gasteiger partial charge >= 0.3 is 0 Å². The lowest BCUT2D eigenvalue weighted by Gasteiger charge is -2.21. The number of methoxy groups -OCH3 is 1. The highest BCUT2D eigenvalue weighted by molar-refractivity contribution is 5.54. The van der Waals surface area contributed by atoms with Crippen LogP contribution >= 0.6 is 0 Å². The Morgan fingerprint density at radius 3 is 2.86 bits per heavy atom. The zero-order valence-corrected chi connectivity index (χ0v) is 12.9. The molecule has 1 aromatic carbocycles. The van der Waals surface area contributed by atoms with Crippen molar-refractivity contribution in [1.82, 2.24) is 10.2 Å². The minimum absolute atomic E-state index is 0.578. The molecule has 0 radical (unpaired) electrons. The first-order chi connectivity index (χ1) is 10.3. The van der Waals surface area contributed by atoms with Crippen LogP contribution in [0.15, 0.2) is 12.1 Å². The van der Waals surface area contributed by atoms with Crippen LogP contribution < -0.4 is 19.5 Å². The van der Waals surface area contributed by atoms with E-state index in [0.717, 1.165) is 48.5 Å². The summed E-state index contributed by atoms with van der Waals surface area (Å²) in [6.45, 7) is 4.06. The van der Waals surface area contributed by atoms with Crippen LogP contribution in [0, 0.1) is 0 Å². The number of nitrogens with zero attached hydrogens (tertiary/aromatic N) is 1. The fraction of sp³-hybridized carbons (Fsp3) is 0.625. The van der Waals surface area contributed by atoms with E-state index in [9.17, 15) is 0 Å². The lowest BCUT2D eigenvalue weighted by molar-refractivity contribution is 0.165. The van der Waals surface area contributed by atoms with Gasteiger partial charge in [-0.2, -0.15) is 0 Å². The van der Waals surface area contributed by atoms with E-state index in [1.165, 1.54) is 12.8 Å². The molecule has 1 fully saturated rings. The highest BCUT2D eigenvalue weighted by Gasteiger charge is 2.25. The molecule has 0 aromatic heterocycles. The Morgan fingerprint density at radius 2 is 2.10 bits per heavy atom. The van der Waals surface area contributed by atoms with Crippen molar-refractivity contribution in [3.05, 3.63) is 17.7 Å². The second kappa shape index (κ2) is 6.54. The Morgan fingerprint density at radius 1 is 1.29 bits per heavy atom. The zero-order valence-electron chi connectivity index (χ0n) is 12.9. The molecule has 1 aliphatic carbocycles. The monoisotopic (exact) mass is 292 g/mol. The predicted molar refractivity (Wildman–Crippen MR) is 81.3 cm³/mol. The molecule has 5 nitrogen and oxygen atoms in total. The molecule has 0 atom stereocenters. The number of likely N-dealkylation sites (N-methyl/N-ethyl adjacent to an activating group) is 1. The molecule has 5 heteroatoms. The van der Waals surface area contributed by atoms with Gasteiger partial charge in [-0.25, -0.2) is 0 Å². The molecular formula is C16H24N2O3. The van der Waals surface area contributed by atoms with Crippen LogP contribution in [0.25, 0.3) is 0 Å². The minimum atomic E-state index is 0.578. The van der Waals surface area contributed by atoms with Crippen molar-refractivity contribution >= 4 is 0 Å². The van der Waals surface area contributed by atoms with E-state index >= 15 is 0 Å². The van der Waals surface area contributed by atoms with E-state index in [1.54, 1.807) is 7.11 Å². The zero-order chi connectivity index (χ0) is 14.7. The summed E-state index contributed by atoms with van der Waals surface area (Å²) in [6, 6.07) is 4.88. The molecule has 0 unspecified atom stereocenters. The van der Waals surface area contributed by atoms with Crippen molar-refractivity contribution < 1.29 is 14.2 Å². The average molecular weight is 292 g/mol. The molecule has 21 heavy (non-hydrogen) atoms. The summed E-state index contributed by atoms with van der Waals surface area (Å²) in [7, 11) is 3.86. The molecular weight excluding hydrogens is 268 g/mol. The SMILES string of the molecule is COc1cc(CNCCN(C)C2CC2)cc2c1OCCO2. The largest absolute Gasteiger partial charge is 0.493 e. The smallest absolute Gasteiger partial charge is 0.203 e. The van der Waals surface area contributed by atoms with Gasteiger partial charge in [0.05, 0.1) is 7.11 Å². The summed E-state index contributed by atoms with van der Waals surface area (Å²) in [5, 5.41) is 3.48. The topological polar surface area (TPSA) is 43.0 Å². The van der Waals surface area contributed by atoms with Gasteiger partial charge in [-0.05, 0) is 37.6 Å². The van der Waals surface area contributed by atoms with Crippen LogP contribution in [-0.4, -0.2) is 51.4 Å². The van der Waals surface area contributed by atoms with Crippen LogP contribution in [0.5, 0.6) is 17.2 Å². The summed E-state index contributed by atoms with van der Waals surface area (Å²) >= 11 is 0. The highest BCUT2D eigenvalue weighted by atomic mass is 16.6. The Balaban J connectivity index is 1.54. The van der Waals surface area contributed by atoms with Crippen LogP contribution in [0.4, 0.5) is 0 Å². The Bertz CT molecular complexity index is 471. The molecule has 0 spiro atoms. The molecule has 1 aliphatic heterocycles. The molecule has 1 N–H and O–H groups in total. The van der Waals surface area contributed by atoms with Gasteiger partial charge in [-0.1, -0.05) is 0 Å². The quantitative estimate of drug-likeness (QED) is 0.774. The maximum Gasteiger partial charge on any atom is 0.203 e. The lowest BCUT2D eigenvalue weighted by Crippen LogP contribution is -2.30. The third kappa shape index (κ3) is 3.60. The number of hydrogen-bond donors (Lipinski definition) is 1. The number of rotatable bonds is 7. The minimum Gasteiger partial charge on any atom is -0.493 e. The number of fused-ring (bicyclic) bond motifs is 1. The summed E-state index contributed by atoms with van der Waals surface area (Å²) in [5.74, 6) is 2.26. The standard InChI is InChI=1S/C16H24N2O3/c1-18(13-3-4-13)6-5-17-11-12-9-14(19-2)16-15(10-12)20-7-8-21-16/h9-10,13,17H,3-8,11H2,1-2H3. The first kappa shape index (κ1) is 14.5. The number of nitrogens with one attached hydrogen (secondary N) is 1. The normalized spacial score (nSPS) is 17.1. The van der Waals surface area contributed by atoms with Crippen molar-refractivity contribution in [2.75, 3.05) is 40.5 Å². The lowest BCUT2D eigenvalue weighted by atomic mass is 10.1. The van der Waals surface area contributed by atoms with Crippen LogP contribution in [-0.2, 0) is 6.54 Å². The van der Waals surface area contributed by atoms with E-state index in [-0.39, 0.29) is 0 Å². The molecule has 3 rings (SSSR count). The number of ether oxygens (including phenoxy) is 3. The molecule has 0 bridgehead atoms. The van der Waals surface area contributed by atoms with Crippen molar-refractivity contribution in [2.24, 2.45) is 0 Å². The predicted octanol–water partition coefficient (Wildman–Crippen LogP) is 1.65. The van der Waals surface area contributed by atoms with Crippen LogP contribution in [0.1, 0.15) is 18.4 Å².